The quantitative estimate of drug-likeness (QED) is 0.519. The highest BCUT2D eigenvalue weighted by atomic mass is 16.5. The van der Waals surface area contributed by atoms with Crippen molar-refractivity contribution in [2.24, 2.45) is 14.1 Å². The van der Waals surface area contributed by atoms with Gasteiger partial charge in [0.05, 0.1) is 28.9 Å². The smallest absolute Gasteiger partial charge is 0.331 e. The van der Waals surface area contributed by atoms with E-state index in [-0.39, 0.29) is 17.4 Å². The van der Waals surface area contributed by atoms with Crippen molar-refractivity contribution >= 4 is 10.9 Å². The van der Waals surface area contributed by atoms with Gasteiger partial charge in [-0.15, -0.1) is 0 Å². The van der Waals surface area contributed by atoms with Crippen LogP contribution in [0.15, 0.2) is 64.2 Å². The molecular weight excluding hydrogens is 378 g/mol. The first-order valence-electron chi connectivity index (χ1n) is 10.0. The molecule has 5 rings (SSSR count). The summed E-state index contributed by atoms with van der Waals surface area (Å²) in [7, 11) is 3.25. The third kappa shape index (κ3) is 2.60. The van der Waals surface area contributed by atoms with Crippen molar-refractivity contribution in [2.45, 2.75) is 19.6 Å². The van der Waals surface area contributed by atoms with Crippen LogP contribution < -0.4 is 11.2 Å². The molecule has 0 spiro atoms. The van der Waals surface area contributed by atoms with Crippen molar-refractivity contribution in [2.75, 3.05) is 6.61 Å². The molecule has 0 aliphatic carbocycles. The maximum Gasteiger partial charge on any atom is 0.331 e. The fourth-order valence-electron chi connectivity index (χ4n) is 4.47. The van der Waals surface area contributed by atoms with Crippen LogP contribution in [0.2, 0.25) is 0 Å². The van der Waals surface area contributed by atoms with E-state index in [0.717, 1.165) is 22.5 Å². The number of rotatable bonds is 2. The average Bonchev–Trinajstić information content (AvgIpc) is 3.13. The SMILES string of the molecule is Cc1ccc([C@@H]2OCCn3c(-c4ccccc4)c4c(=O)n(C)c(=O)n(C)c4c32)cc1. The second kappa shape index (κ2) is 6.85. The number of benzene rings is 2. The normalized spacial score (nSPS) is 16.0. The summed E-state index contributed by atoms with van der Waals surface area (Å²) in [5.41, 5.74) is 4.86. The van der Waals surface area contributed by atoms with Gasteiger partial charge in [-0.3, -0.25) is 13.9 Å². The average molecular weight is 401 g/mol. The second-order valence-corrected chi connectivity index (χ2v) is 7.84. The zero-order chi connectivity index (χ0) is 21.0. The molecule has 1 aliphatic heterocycles. The fraction of sp³-hybridized carbons (Fsp3) is 0.250. The first kappa shape index (κ1) is 18.6. The zero-order valence-electron chi connectivity index (χ0n) is 17.3. The van der Waals surface area contributed by atoms with Crippen LogP contribution >= 0.6 is 0 Å². The van der Waals surface area contributed by atoms with E-state index in [1.165, 1.54) is 17.2 Å². The molecule has 1 atom stereocenters. The van der Waals surface area contributed by atoms with Crippen LogP contribution in [-0.2, 0) is 25.4 Å². The Morgan fingerprint density at radius 1 is 0.933 bits per heavy atom. The number of hydrogen-bond donors (Lipinski definition) is 0. The highest BCUT2D eigenvalue weighted by Crippen LogP contribution is 2.40. The van der Waals surface area contributed by atoms with Gasteiger partial charge in [-0.05, 0) is 18.1 Å². The van der Waals surface area contributed by atoms with Crippen LogP contribution in [0, 0.1) is 6.92 Å². The monoisotopic (exact) mass is 401 g/mol. The summed E-state index contributed by atoms with van der Waals surface area (Å²) in [5, 5.41) is 0.559. The van der Waals surface area contributed by atoms with Gasteiger partial charge in [-0.2, -0.15) is 0 Å². The Labute approximate surface area is 173 Å². The number of aromatic nitrogens is 3. The van der Waals surface area contributed by atoms with Crippen molar-refractivity contribution in [3.8, 4) is 11.3 Å². The lowest BCUT2D eigenvalue weighted by Gasteiger charge is -2.27. The Morgan fingerprint density at radius 2 is 1.63 bits per heavy atom. The molecule has 30 heavy (non-hydrogen) atoms. The molecule has 4 aromatic rings. The van der Waals surface area contributed by atoms with Gasteiger partial charge in [0.15, 0.2) is 0 Å². The van der Waals surface area contributed by atoms with E-state index in [9.17, 15) is 9.59 Å². The number of ether oxygens (including phenoxy) is 1. The summed E-state index contributed by atoms with van der Waals surface area (Å²) < 4.78 is 11.1. The van der Waals surface area contributed by atoms with Gasteiger partial charge in [0.2, 0.25) is 0 Å². The zero-order valence-corrected chi connectivity index (χ0v) is 17.3. The van der Waals surface area contributed by atoms with Gasteiger partial charge < -0.3 is 9.30 Å². The van der Waals surface area contributed by atoms with Crippen molar-refractivity contribution < 1.29 is 4.74 Å². The van der Waals surface area contributed by atoms with Crippen LogP contribution in [0.4, 0.5) is 0 Å². The van der Waals surface area contributed by atoms with E-state index in [1.54, 1.807) is 11.6 Å². The third-order valence-electron chi connectivity index (χ3n) is 5.98. The number of aryl methyl sites for hydroxylation is 2. The molecular formula is C24H23N3O3. The minimum Gasteiger partial charge on any atom is -0.365 e. The van der Waals surface area contributed by atoms with Gasteiger partial charge in [-0.25, -0.2) is 4.79 Å². The van der Waals surface area contributed by atoms with Crippen molar-refractivity contribution in [1.82, 2.24) is 13.7 Å². The topological polar surface area (TPSA) is 58.2 Å². The summed E-state index contributed by atoms with van der Waals surface area (Å²) >= 11 is 0. The van der Waals surface area contributed by atoms with Crippen molar-refractivity contribution in [3.05, 3.63) is 92.3 Å². The molecule has 0 N–H and O–H groups in total. The van der Waals surface area contributed by atoms with Crippen LogP contribution in [0.1, 0.15) is 22.9 Å². The third-order valence-corrected chi connectivity index (χ3v) is 5.98. The largest absolute Gasteiger partial charge is 0.365 e. The van der Waals surface area contributed by atoms with Crippen molar-refractivity contribution in [1.29, 1.82) is 0 Å². The lowest BCUT2D eigenvalue weighted by Crippen LogP contribution is -2.37. The van der Waals surface area contributed by atoms with E-state index < -0.39 is 0 Å². The molecule has 6 nitrogen and oxygen atoms in total. The predicted octanol–water partition coefficient (Wildman–Crippen LogP) is 3.13. The molecule has 0 saturated carbocycles. The van der Waals surface area contributed by atoms with E-state index in [0.29, 0.717) is 24.1 Å². The van der Waals surface area contributed by atoms with Crippen LogP contribution in [0.25, 0.3) is 22.2 Å². The Kier molecular flexibility index (Phi) is 4.25. The summed E-state index contributed by atoms with van der Waals surface area (Å²) in [4.78, 5) is 26.1. The predicted molar refractivity (Wildman–Crippen MR) is 117 cm³/mol. The lowest BCUT2D eigenvalue weighted by molar-refractivity contribution is 0.0478. The molecule has 152 valence electrons. The fourth-order valence-corrected chi connectivity index (χ4v) is 4.47. The number of nitrogens with zero attached hydrogens (tertiary/aromatic N) is 3. The Balaban J connectivity index is 1.94. The molecule has 1 aliphatic rings. The molecule has 0 amide bonds. The first-order chi connectivity index (χ1) is 14.5. The molecule has 6 heteroatoms. The minimum atomic E-state index is -0.350. The molecule has 3 heterocycles. The summed E-state index contributed by atoms with van der Waals surface area (Å²) in [6.45, 7) is 3.19. The molecule has 0 fully saturated rings. The minimum absolute atomic E-state index is 0.281. The Morgan fingerprint density at radius 3 is 2.33 bits per heavy atom. The molecule has 0 saturated heterocycles. The summed E-state index contributed by atoms with van der Waals surface area (Å²) in [6.07, 6.45) is -0.350. The van der Waals surface area contributed by atoms with Crippen molar-refractivity contribution in [3.63, 3.8) is 0 Å². The highest BCUT2D eigenvalue weighted by molar-refractivity contribution is 5.96. The first-order valence-corrected chi connectivity index (χ1v) is 10.0. The van der Waals surface area contributed by atoms with Crippen LogP contribution in [-0.4, -0.2) is 20.3 Å². The summed E-state index contributed by atoms with van der Waals surface area (Å²) in [5.74, 6) is 0. The second-order valence-electron chi connectivity index (χ2n) is 7.84. The van der Waals surface area contributed by atoms with Crippen LogP contribution in [0.3, 0.4) is 0 Å². The lowest BCUT2D eigenvalue weighted by atomic mass is 10.0. The van der Waals surface area contributed by atoms with E-state index in [1.807, 2.05) is 37.3 Å². The van der Waals surface area contributed by atoms with E-state index in [4.69, 9.17) is 4.74 Å². The summed E-state index contributed by atoms with van der Waals surface area (Å²) in [6, 6.07) is 18.1. The molecule has 0 unspecified atom stereocenters. The Bertz CT molecular complexity index is 1380. The van der Waals surface area contributed by atoms with Gasteiger partial charge in [-0.1, -0.05) is 60.2 Å². The van der Waals surface area contributed by atoms with Gasteiger partial charge in [0.1, 0.15) is 6.10 Å². The molecule has 2 aromatic heterocycles. The highest BCUT2D eigenvalue weighted by Gasteiger charge is 2.32. The standard InChI is InChI=1S/C24H23N3O3/c1-15-9-11-17(12-10-15)22-21-20-18(23(28)26(3)24(29)25(20)2)19(27(21)13-14-30-22)16-7-5-4-6-8-16/h4-12,22H,13-14H2,1-3H3/t22-/m0/s1. The van der Waals surface area contributed by atoms with Gasteiger partial charge >= 0.3 is 5.69 Å². The molecule has 0 bridgehead atoms. The van der Waals surface area contributed by atoms with E-state index in [2.05, 4.69) is 28.8 Å². The number of hydrogen-bond acceptors (Lipinski definition) is 3. The molecule has 0 radical (unpaired) electrons. The molecule has 2 aromatic carbocycles. The maximum absolute atomic E-state index is 13.3. The van der Waals surface area contributed by atoms with Gasteiger partial charge in [0, 0.05) is 20.6 Å². The maximum atomic E-state index is 13.3. The van der Waals surface area contributed by atoms with E-state index >= 15 is 0 Å². The van der Waals surface area contributed by atoms with Gasteiger partial charge in [0.25, 0.3) is 5.56 Å². The Hall–Kier alpha value is -3.38. The number of fused-ring (bicyclic) bond motifs is 3. The van der Waals surface area contributed by atoms with Crippen LogP contribution in [0.5, 0.6) is 0 Å².